The van der Waals surface area contributed by atoms with E-state index >= 15 is 0 Å². The van der Waals surface area contributed by atoms with Gasteiger partial charge >= 0.3 is 0 Å². The van der Waals surface area contributed by atoms with Crippen molar-refractivity contribution in [1.29, 1.82) is 0 Å². The van der Waals surface area contributed by atoms with Gasteiger partial charge in [-0.3, -0.25) is 0 Å². The Balaban J connectivity index is 1.38. The maximum absolute atomic E-state index is 9.74. The van der Waals surface area contributed by atoms with Crippen molar-refractivity contribution < 1.29 is 14.3 Å². The largest absolute Gasteiger partial charge is 0.473 e. The molecule has 0 unspecified atom stereocenters. The molecular formula is C22H24N6O3. The van der Waals surface area contributed by atoms with E-state index in [4.69, 9.17) is 14.9 Å². The van der Waals surface area contributed by atoms with Crippen LogP contribution in [-0.4, -0.2) is 56.0 Å². The highest BCUT2D eigenvalue weighted by Gasteiger charge is 2.29. The van der Waals surface area contributed by atoms with E-state index in [0.29, 0.717) is 17.3 Å². The van der Waals surface area contributed by atoms with Gasteiger partial charge in [0.2, 0.25) is 5.88 Å². The second-order valence-electron chi connectivity index (χ2n) is 8.39. The van der Waals surface area contributed by atoms with Crippen LogP contribution in [-0.2, 0) is 0 Å². The fraction of sp³-hybridized carbons (Fsp3) is 0.409. The van der Waals surface area contributed by atoms with E-state index in [1.165, 1.54) is 0 Å². The lowest BCUT2D eigenvalue weighted by Gasteiger charge is -2.31. The van der Waals surface area contributed by atoms with Crippen LogP contribution in [0.25, 0.3) is 28.1 Å². The molecule has 0 spiro atoms. The summed E-state index contributed by atoms with van der Waals surface area (Å²) >= 11 is 0. The summed E-state index contributed by atoms with van der Waals surface area (Å²) in [5.74, 6) is 2.05. The second-order valence-corrected chi connectivity index (χ2v) is 8.39. The molecule has 1 aliphatic carbocycles. The van der Waals surface area contributed by atoms with Crippen molar-refractivity contribution in [1.82, 2.24) is 19.6 Å². The van der Waals surface area contributed by atoms with Crippen LogP contribution in [0.2, 0.25) is 0 Å². The van der Waals surface area contributed by atoms with Gasteiger partial charge in [-0.15, -0.1) is 5.10 Å². The fourth-order valence-electron chi connectivity index (χ4n) is 4.57. The van der Waals surface area contributed by atoms with Crippen molar-refractivity contribution in [2.45, 2.75) is 43.9 Å². The van der Waals surface area contributed by atoms with Crippen molar-refractivity contribution in [3.05, 3.63) is 36.7 Å². The van der Waals surface area contributed by atoms with Crippen molar-refractivity contribution >= 4 is 22.4 Å². The number of hydrogen-bond donors (Lipinski definition) is 2. The zero-order chi connectivity index (χ0) is 20.9. The van der Waals surface area contributed by atoms with E-state index in [1.54, 1.807) is 16.9 Å². The first-order chi connectivity index (χ1) is 15.2. The number of ether oxygens (including phenoxy) is 1. The minimum absolute atomic E-state index is 0.0910. The fourth-order valence-corrected chi connectivity index (χ4v) is 4.57. The van der Waals surface area contributed by atoms with Crippen LogP contribution in [0.1, 0.15) is 25.7 Å². The Morgan fingerprint density at radius 1 is 1.23 bits per heavy atom. The van der Waals surface area contributed by atoms with Gasteiger partial charge in [0, 0.05) is 24.8 Å². The first kappa shape index (κ1) is 18.6. The Morgan fingerprint density at radius 2 is 2.13 bits per heavy atom. The number of nitrogens with two attached hydrogens (primary N) is 1. The summed E-state index contributed by atoms with van der Waals surface area (Å²) in [7, 11) is 0. The molecule has 31 heavy (non-hydrogen) atoms. The molecule has 1 atom stereocenters. The summed E-state index contributed by atoms with van der Waals surface area (Å²) in [6, 6.07) is 7.87. The second kappa shape index (κ2) is 7.21. The molecule has 9 nitrogen and oxygen atoms in total. The molecule has 9 heteroatoms. The number of nitrogens with zero attached hydrogens (tertiary/aromatic N) is 5. The maximum Gasteiger partial charge on any atom is 0.232 e. The summed E-state index contributed by atoms with van der Waals surface area (Å²) in [6.45, 7) is 0.995. The lowest BCUT2D eigenvalue weighted by Crippen LogP contribution is -2.43. The molecule has 0 amide bonds. The van der Waals surface area contributed by atoms with Crippen molar-refractivity contribution in [2.75, 3.05) is 18.1 Å². The number of fused-ring (bicyclic) bond motifs is 2. The zero-order valence-electron chi connectivity index (χ0n) is 17.0. The normalized spacial score (nSPS) is 23.5. The zero-order valence-corrected chi connectivity index (χ0v) is 17.0. The molecule has 2 fully saturated rings. The molecule has 160 valence electrons. The third kappa shape index (κ3) is 3.12. The summed E-state index contributed by atoms with van der Waals surface area (Å²) in [5, 5.41) is 15.3. The number of aliphatic hydroxyl groups excluding tert-OH is 1. The lowest BCUT2D eigenvalue weighted by molar-refractivity contribution is 0.0944. The van der Waals surface area contributed by atoms with Crippen LogP contribution in [0.4, 0.5) is 5.82 Å². The van der Waals surface area contributed by atoms with Gasteiger partial charge in [-0.25, -0.2) is 14.5 Å². The Bertz CT molecular complexity index is 1240. The predicted octanol–water partition coefficient (Wildman–Crippen LogP) is 2.37. The highest BCUT2D eigenvalue weighted by atomic mass is 16.5. The molecule has 3 N–H and O–H groups in total. The van der Waals surface area contributed by atoms with Gasteiger partial charge in [0.25, 0.3) is 0 Å². The Hall–Kier alpha value is -3.17. The predicted molar refractivity (Wildman–Crippen MR) is 115 cm³/mol. The standard InChI is InChI=1S/C22H24N6O3/c23-13-8-15(9-13)30-21-4-3-20-25-11-17(28(20)26-21)19-10-16-18(31-19)5-6-24-22(16)27-7-1-2-14(27)12-29/h3-6,10-11,13-15,29H,1-2,7-9,12,23H2/t13-,14-,15-/m1/s1. The molecule has 1 saturated carbocycles. The van der Waals surface area contributed by atoms with E-state index < -0.39 is 0 Å². The van der Waals surface area contributed by atoms with E-state index in [0.717, 1.165) is 54.7 Å². The topological polar surface area (TPSA) is 115 Å². The monoisotopic (exact) mass is 420 g/mol. The minimum Gasteiger partial charge on any atom is -0.473 e. The maximum atomic E-state index is 9.74. The first-order valence-corrected chi connectivity index (χ1v) is 10.7. The average molecular weight is 420 g/mol. The van der Waals surface area contributed by atoms with Gasteiger partial charge in [0.1, 0.15) is 23.2 Å². The van der Waals surface area contributed by atoms with Gasteiger partial charge in [-0.05, 0) is 43.9 Å². The van der Waals surface area contributed by atoms with Crippen LogP contribution in [0, 0.1) is 0 Å². The molecule has 0 radical (unpaired) electrons. The molecule has 1 aliphatic heterocycles. The van der Waals surface area contributed by atoms with Crippen LogP contribution < -0.4 is 15.4 Å². The molecule has 4 aromatic heterocycles. The van der Waals surface area contributed by atoms with Gasteiger partial charge in [-0.1, -0.05) is 0 Å². The van der Waals surface area contributed by atoms with E-state index in [2.05, 4.69) is 20.0 Å². The third-order valence-electron chi connectivity index (χ3n) is 6.29. The number of rotatable bonds is 5. The quantitative estimate of drug-likeness (QED) is 0.506. The van der Waals surface area contributed by atoms with Gasteiger partial charge in [0.15, 0.2) is 11.4 Å². The summed E-state index contributed by atoms with van der Waals surface area (Å²) < 4.78 is 13.9. The van der Waals surface area contributed by atoms with Crippen molar-refractivity contribution in [3.8, 4) is 17.3 Å². The number of anilines is 1. The number of pyridine rings is 1. The smallest absolute Gasteiger partial charge is 0.232 e. The van der Waals surface area contributed by atoms with Crippen molar-refractivity contribution in [3.63, 3.8) is 0 Å². The van der Waals surface area contributed by atoms with E-state index in [1.807, 2.05) is 24.3 Å². The minimum atomic E-state index is 0.0910. The highest BCUT2D eigenvalue weighted by molar-refractivity contribution is 5.92. The molecule has 6 rings (SSSR count). The van der Waals surface area contributed by atoms with Gasteiger partial charge < -0.3 is 24.9 Å². The average Bonchev–Trinajstić information content (AvgIpc) is 3.48. The van der Waals surface area contributed by atoms with Crippen LogP contribution in [0.5, 0.6) is 5.88 Å². The van der Waals surface area contributed by atoms with Crippen molar-refractivity contribution in [2.24, 2.45) is 5.73 Å². The molecule has 1 saturated heterocycles. The molecule has 4 aromatic rings. The van der Waals surface area contributed by atoms with E-state index in [9.17, 15) is 5.11 Å². The molecule has 0 bridgehead atoms. The number of aliphatic hydroxyl groups is 1. The highest BCUT2D eigenvalue weighted by Crippen LogP contribution is 2.35. The lowest BCUT2D eigenvalue weighted by atomic mass is 9.90. The number of hydrogen-bond acceptors (Lipinski definition) is 8. The van der Waals surface area contributed by atoms with Crippen LogP contribution in [0.15, 0.2) is 41.1 Å². The molecule has 5 heterocycles. The summed E-state index contributed by atoms with van der Waals surface area (Å²) in [4.78, 5) is 11.2. The van der Waals surface area contributed by atoms with Gasteiger partial charge in [0.05, 0.1) is 24.2 Å². The number of aromatic nitrogens is 4. The number of furan rings is 1. The first-order valence-electron chi connectivity index (χ1n) is 10.7. The Labute approximate surface area is 178 Å². The summed E-state index contributed by atoms with van der Waals surface area (Å²) in [6.07, 6.45) is 7.32. The molecule has 2 aliphatic rings. The summed E-state index contributed by atoms with van der Waals surface area (Å²) in [5.41, 5.74) is 8.06. The third-order valence-corrected chi connectivity index (χ3v) is 6.29. The SMILES string of the molecule is N[C@H]1C[C@H](Oc2ccc3ncc(-c4cc5c(N6CCC[C@@H]6CO)nccc5o4)n3n2)C1. The van der Waals surface area contributed by atoms with Crippen LogP contribution >= 0.6 is 0 Å². The van der Waals surface area contributed by atoms with Gasteiger partial charge in [-0.2, -0.15) is 0 Å². The van der Waals surface area contributed by atoms with Crippen LogP contribution in [0.3, 0.4) is 0 Å². The molecule has 0 aromatic carbocycles. The number of imidazole rings is 1. The molecular weight excluding hydrogens is 396 g/mol. The Morgan fingerprint density at radius 3 is 2.97 bits per heavy atom. The van der Waals surface area contributed by atoms with E-state index in [-0.39, 0.29) is 24.8 Å². The Kier molecular flexibility index (Phi) is 4.32.